The van der Waals surface area contributed by atoms with Gasteiger partial charge in [-0.3, -0.25) is 9.80 Å². The largest absolute Gasteiger partial charge is 0.358 e. The standard InChI is InChI=1S/C9H17N3O2/c1-5-14-9(3,6-7-10)11-12(4)8(2)13/h11H,5-6H2,1-4H3. The van der Waals surface area contributed by atoms with Crippen LogP contribution in [-0.4, -0.2) is 30.3 Å². The Hall–Kier alpha value is -1.12. The molecule has 0 rings (SSSR count). The van der Waals surface area contributed by atoms with Crippen molar-refractivity contribution in [3.05, 3.63) is 0 Å². The minimum Gasteiger partial charge on any atom is -0.358 e. The van der Waals surface area contributed by atoms with Crippen molar-refractivity contribution in [2.24, 2.45) is 0 Å². The third kappa shape index (κ3) is 4.21. The third-order valence-corrected chi connectivity index (χ3v) is 1.76. The van der Waals surface area contributed by atoms with Crippen molar-refractivity contribution in [2.45, 2.75) is 32.9 Å². The zero-order chi connectivity index (χ0) is 11.2. The monoisotopic (exact) mass is 199 g/mol. The Bertz CT molecular complexity index is 237. The third-order valence-electron chi connectivity index (χ3n) is 1.76. The smallest absolute Gasteiger partial charge is 0.233 e. The molecule has 1 amide bonds. The van der Waals surface area contributed by atoms with E-state index in [0.29, 0.717) is 6.61 Å². The highest BCUT2D eigenvalue weighted by Gasteiger charge is 2.26. The van der Waals surface area contributed by atoms with Crippen molar-refractivity contribution in [3.63, 3.8) is 0 Å². The van der Waals surface area contributed by atoms with Gasteiger partial charge in [0, 0.05) is 20.6 Å². The summed E-state index contributed by atoms with van der Waals surface area (Å²) in [4.78, 5) is 11.0. The second-order valence-corrected chi connectivity index (χ2v) is 3.19. The fourth-order valence-corrected chi connectivity index (χ4v) is 1.03. The number of hydrazine groups is 1. The molecule has 0 aliphatic rings. The van der Waals surface area contributed by atoms with Gasteiger partial charge in [0.1, 0.15) is 5.72 Å². The maximum Gasteiger partial charge on any atom is 0.233 e. The first-order valence-corrected chi connectivity index (χ1v) is 4.48. The summed E-state index contributed by atoms with van der Waals surface area (Å²) >= 11 is 0. The lowest BCUT2D eigenvalue weighted by Crippen LogP contribution is -2.54. The van der Waals surface area contributed by atoms with Gasteiger partial charge in [0.15, 0.2) is 0 Å². The molecule has 5 nitrogen and oxygen atoms in total. The average Bonchev–Trinajstić information content (AvgIpc) is 2.04. The molecule has 0 radical (unpaired) electrons. The number of hydrogen-bond donors (Lipinski definition) is 1. The highest BCUT2D eigenvalue weighted by molar-refractivity contribution is 5.72. The maximum absolute atomic E-state index is 11.0. The van der Waals surface area contributed by atoms with Crippen LogP contribution in [0, 0.1) is 11.3 Å². The summed E-state index contributed by atoms with van der Waals surface area (Å²) in [6.07, 6.45) is 0.179. The summed E-state index contributed by atoms with van der Waals surface area (Å²) in [6, 6.07) is 2.01. The summed E-state index contributed by atoms with van der Waals surface area (Å²) in [5, 5.41) is 9.92. The van der Waals surface area contributed by atoms with Crippen LogP contribution >= 0.6 is 0 Å². The Kier molecular flexibility index (Phi) is 5.13. The van der Waals surface area contributed by atoms with Crippen molar-refractivity contribution in [1.29, 1.82) is 5.26 Å². The lowest BCUT2D eigenvalue weighted by Gasteiger charge is -2.32. The number of nitriles is 1. The van der Waals surface area contributed by atoms with Gasteiger partial charge in [-0.25, -0.2) is 5.43 Å². The van der Waals surface area contributed by atoms with Crippen LogP contribution in [0.4, 0.5) is 0 Å². The minimum absolute atomic E-state index is 0.131. The molecule has 14 heavy (non-hydrogen) atoms. The van der Waals surface area contributed by atoms with Crippen molar-refractivity contribution < 1.29 is 9.53 Å². The first-order valence-electron chi connectivity index (χ1n) is 4.48. The first kappa shape index (κ1) is 12.9. The fraction of sp³-hybridized carbons (Fsp3) is 0.778. The molecule has 0 bridgehead atoms. The van der Waals surface area contributed by atoms with Crippen LogP contribution in [0.2, 0.25) is 0 Å². The van der Waals surface area contributed by atoms with Gasteiger partial charge in [0.2, 0.25) is 5.91 Å². The van der Waals surface area contributed by atoms with Gasteiger partial charge in [-0.05, 0) is 13.8 Å². The van der Waals surface area contributed by atoms with Crippen LogP contribution in [0.1, 0.15) is 27.2 Å². The second kappa shape index (κ2) is 5.58. The molecule has 5 heteroatoms. The van der Waals surface area contributed by atoms with Gasteiger partial charge in [0.05, 0.1) is 12.5 Å². The predicted molar refractivity (Wildman–Crippen MR) is 51.8 cm³/mol. The molecule has 1 unspecified atom stereocenters. The maximum atomic E-state index is 11.0. The Balaban J connectivity index is 4.36. The molecule has 0 aromatic heterocycles. The van der Waals surface area contributed by atoms with Crippen molar-refractivity contribution in [1.82, 2.24) is 10.4 Å². The molecule has 80 valence electrons. The van der Waals surface area contributed by atoms with Crippen molar-refractivity contribution in [2.75, 3.05) is 13.7 Å². The van der Waals surface area contributed by atoms with Crippen LogP contribution in [0.15, 0.2) is 0 Å². The molecule has 0 saturated carbocycles. The molecule has 0 heterocycles. The number of ether oxygens (including phenoxy) is 1. The first-order chi connectivity index (χ1) is 6.45. The topological polar surface area (TPSA) is 65.4 Å². The van der Waals surface area contributed by atoms with E-state index in [1.165, 1.54) is 11.9 Å². The lowest BCUT2D eigenvalue weighted by molar-refractivity contribution is -0.143. The zero-order valence-corrected chi connectivity index (χ0v) is 9.13. The van der Waals surface area contributed by atoms with Crippen LogP contribution in [0.5, 0.6) is 0 Å². The summed E-state index contributed by atoms with van der Waals surface area (Å²) in [7, 11) is 1.59. The Morgan fingerprint density at radius 1 is 1.71 bits per heavy atom. The summed E-state index contributed by atoms with van der Waals surface area (Å²) in [5.41, 5.74) is 2.03. The molecule has 0 fully saturated rings. The van der Waals surface area contributed by atoms with Gasteiger partial charge in [0.25, 0.3) is 0 Å². The van der Waals surface area contributed by atoms with E-state index >= 15 is 0 Å². The lowest BCUT2D eigenvalue weighted by atomic mass is 10.2. The van der Waals surface area contributed by atoms with E-state index in [9.17, 15) is 4.79 Å². The zero-order valence-electron chi connectivity index (χ0n) is 9.13. The number of nitrogens with one attached hydrogen (secondary N) is 1. The molecule has 1 N–H and O–H groups in total. The molecular formula is C9H17N3O2. The van der Waals surface area contributed by atoms with E-state index in [0.717, 1.165) is 0 Å². The molecule has 1 atom stereocenters. The van der Waals surface area contributed by atoms with Crippen LogP contribution < -0.4 is 5.43 Å². The van der Waals surface area contributed by atoms with E-state index in [1.807, 2.05) is 13.0 Å². The van der Waals surface area contributed by atoms with E-state index in [2.05, 4.69) is 5.43 Å². The number of carbonyl (C=O) groups is 1. The molecule has 0 aliphatic carbocycles. The predicted octanol–water partition coefficient (Wildman–Crippen LogP) is 0.636. The highest BCUT2D eigenvalue weighted by Crippen LogP contribution is 2.11. The molecule has 0 aromatic carbocycles. The van der Waals surface area contributed by atoms with Gasteiger partial charge >= 0.3 is 0 Å². The SMILES string of the molecule is CCOC(C)(CC#N)NN(C)C(C)=O. The van der Waals surface area contributed by atoms with Crippen LogP contribution in [0.25, 0.3) is 0 Å². The Morgan fingerprint density at radius 2 is 2.29 bits per heavy atom. The quantitative estimate of drug-likeness (QED) is 0.521. The van der Waals surface area contributed by atoms with E-state index in [1.54, 1.807) is 14.0 Å². The van der Waals surface area contributed by atoms with Gasteiger partial charge in [-0.2, -0.15) is 5.26 Å². The minimum atomic E-state index is -0.802. The van der Waals surface area contributed by atoms with Gasteiger partial charge in [-0.15, -0.1) is 0 Å². The number of carbonyl (C=O) groups excluding carboxylic acids is 1. The van der Waals surface area contributed by atoms with Crippen LogP contribution in [0.3, 0.4) is 0 Å². The van der Waals surface area contributed by atoms with Gasteiger partial charge in [-0.1, -0.05) is 0 Å². The molecule has 0 aromatic rings. The van der Waals surface area contributed by atoms with Gasteiger partial charge < -0.3 is 4.74 Å². The van der Waals surface area contributed by atoms with Crippen molar-refractivity contribution >= 4 is 5.91 Å². The molecule has 0 saturated heterocycles. The molecule has 0 aliphatic heterocycles. The van der Waals surface area contributed by atoms with E-state index in [4.69, 9.17) is 10.00 Å². The molecular weight excluding hydrogens is 182 g/mol. The average molecular weight is 199 g/mol. The number of rotatable bonds is 5. The number of amides is 1. The van der Waals surface area contributed by atoms with Crippen molar-refractivity contribution in [3.8, 4) is 6.07 Å². The molecule has 0 spiro atoms. The normalized spacial score (nSPS) is 14.2. The summed E-state index contributed by atoms with van der Waals surface area (Å²) in [5.74, 6) is -0.131. The second-order valence-electron chi connectivity index (χ2n) is 3.19. The number of nitrogens with zero attached hydrogens (tertiary/aromatic N) is 2. The Morgan fingerprint density at radius 3 is 2.64 bits per heavy atom. The highest BCUT2D eigenvalue weighted by atomic mass is 16.5. The summed E-state index contributed by atoms with van der Waals surface area (Å²) < 4.78 is 5.36. The van der Waals surface area contributed by atoms with Crippen LogP contribution in [-0.2, 0) is 9.53 Å². The Labute approximate surface area is 84.6 Å². The number of hydrogen-bond acceptors (Lipinski definition) is 4. The van der Waals surface area contributed by atoms with E-state index < -0.39 is 5.72 Å². The van der Waals surface area contributed by atoms with E-state index in [-0.39, 0.29) is 12.3 Å². The fourth-order valence-electron chi connectivity index (χ4n) is 1.03. The summed E-state index contributed by atoms with van der Waals surface area (Å²) in [6.45, 7) is 5.49.